The Labute approximate surface area is 110 Å². The van der Waals surface area contributed by atoms with Crippen LogP contribution in [-0.4, -0.2) is 49.6 Å². The Bertz CT molecular complexity index is 256. The smallest absolute Gasteiger partial charge is 0.221 e. The van der Waals surface area contributed by atoms with E-state index in [0.29, 0.717) is 18.5 Å². The largest absolute Gasteiger partial charge is 0.353 e. The average Bonchev–Trinajstić information content (AvgIpc) is 2.57. The number of likely N-dealkylation sites (N-methyl/N-ethyl adjacent to an activating group) is 1. The molecule has 1 heterocycles. The van der Waals surface area contributed by atoms with Gasteiger partial charge < -0.3 is 15.5 Å². The number of hydrogen-bond acceptors (Lipinski definition) is 3. The van der Waals surface area contributed by atoms with Crippen molar-refractivity contribution in [3.63, 3.8) is 0 Å². The molecule has 0 aromatic rings. The fourth-order valence-electron chi connectivity index (χ4n) is 3.06. The van der Waals surface area contributed by atoms with Crippen LogP contribution in [0.1, 0.15) is 44.9 Å². The molecule has 2 fully saturated rings. The third kappa shape index (κ3) is 4.58. The highest BCUT2D eigenvalue weighted by atomic mass is 16.1. The number of hydrogen-bond donors (Lipinski definition) is 2. The fraction of sp³-hybridized carbons (Fsp3) is 0.929. The lowest BCUT2D eigenvalue weighted by molar-refractivity contribution is -0.122. The molecule has 1 unspecified atom stereocenters. The summed E-state index contributed by atoms with van der Waals surface area (Å²) in [5, 5.41) is 6.65. The van der Waals surface area contributed by atoms with Crippen molar-refractivity contribution in [3.05, 3.63) is 0 Å². The molecule has 2 N–H and O–H groups in total. The van der Waals surface area contributed by atoms with E-state index in [1.165, 1.54) is 38.5 Å². The van der Waals surface area contributed by atoms with Crippen LogP contribution < -0.4 is 10.6 Å². The summed E-state index contributed by atoms with van der Waals surface area (Å²) in [4.78, 5) is 14.3. The number of nitrogens with zero attached hydrogens (tertiary/aromatic N) is 1. The van der Waals surface area contributed by atoms with Crippen molar-refractivity contribution in [3.8, 4) is 0 Å². The second-order valence-electron chi connectivity index (χ2n) is 5.87. The average molecular weight is 253 g/mol. The lowest BCUT2D eigenvalue weighted by atomic mass is 10.1. The van der Waals surface area contributed by atoms with E-state index in [9.17, 15) is 4.79 Å². The molecule has 1 aliphatic heterocycles. The maximum atomic E-state index is 12.0. The molecule has 4 heteroatoms. The summed E-state index contributed by atoms with van der Waals surface area (Å²) < 4.78 is 0. The molecule has 1 saturated carbocycles. The van der Waals surface area contributed by atoms with Crippen molar-refractivity contribution < 1.29 is 4.79 Å². The lowest BCUT2D eigenvalue weighted by Crippen LogP contribution is -2.51. The highest BCUT2D eigenvalue weighted by molar-refractivity contribution is 5.76. The monoisotopic (exact) mass is 253 g/mol. The van der Waals surface area contributed by atoms with Crippen molar-refractivity contribution in [2.75, 3.05) is 26.7 Å². The summed E-state index contributed by atoms with van der Waals surface area (Å²) in [7, 11) is 2.12. The Balaban J connectivity index is 1.70. The van der Waals surface area contributed by atoms with E-state index >= 15 is 0 Å². The first kappa shape index (κ1) is 13.8. The highest BCUT2D eigenvalue weighted by Gasteiger charge is 2.21. The van der Waals surface area contributed by atoms with Crippen LogP contribution >= 0.6 is 0 Å². The first-order valence-electron chi connectivity index (χ1n) is 7.45. The number of rotatable bonds is 3. The second-order valence-corrected chi connectivity index (χ2v) is 5.87. The minimum atomic E-state index is 0.231. The van der Waals surface area contributed by atoms with E-state index in [4.69, 9.17) is 0 Å². The van der Waals surface area contributed by atoms with Gasteiger partial charge in [-0.25, -0.2) is 0 Å². The van der Waals surface area contributed by atoms with Gasteiger partial charge in [-0.15, -0.1) is 0 Å². The van der Waals surface area contributed by atoms with Gasteiger partial charge in [0.25, 0.3) is 0 Å². The molecule has 2 rings (SSSR count). The van der Waals surface area contributed by atoms with E-state index in [-0.39, 0.29) is 5.91 Å². The highest BCUT2D eigenvalue weighted by Crippen LogP contribution is 2.17. The van der Waals surface area contributed by atoms with Gasteiger partial charge in [0.2, 0.25) is 5.91 Å². The van der Waals surface area contributed by atoms with Crippen LogP contribution in [0.5, 0.6) is 0 Å². The molecule has 104 valence electrons. The molecule has 0 radical (unpaired) electrons. The molecule has 0 bridgehead atoms. The van der Waals surface area contributed by atoms with E-state index in [2.05, 4.69) is 22.6 Å². The summed E-state index contributed by atoms with van der Waals surface area (Å²) in [6.45, 7) is 3.07. The molecule has 0 aromatic carbocycles. The van der Waals surface area contributed by atoms with Gasteiger partial charge in [0.1, 0.15) is 0 Å². The zero-order valence-electron chi connectivity index (χ0n) is 11.6. The quantitative estimate of drug-likeness (QED) is 0.741. The van der Waals surface area contributed by atoms with Crippen LogP contribution in [0.2, 0.25) is 0 Å². The van der Waals surface area contributed by atoms with Gasteiger partial charge in [-0.3, -0.25) is 4.79 Å². The maximum Gasteiger partial charge on any atom is 0.221 e. The number of nitrogens with one attached hydrogen (secondary N) is 2. The molecule has 1 amide bonds. The fourth-order valence-corrected chi connectivity index (χ4v) is 3.06. The van der Waals surface area contributed by atoms with Crippen molar-refractivity contribution in [2.24, 2.45) is 0 Å². The minimum absolute atomic E-state index is 0.231. The van der Waals surface area contributed by atoms with E-state index in [1.807, 2.05) is 0 Å². The van der Waals surface area contributed by atoms with Gasteiger partial charge in [0.05, 0.1) is 0 Å². The Kier molecular flexibility index (Phi) is 5.45. The first-order valence-corrected chi connectivity index (χ1v) is 7.45. The van der Waals surface area contributed by atoms with E-state index in [1.54, 1.807) is 0 Å². The third-order valence-electron chi connectivity index (χ3n) is 4.11. The number of piperazine rings is 1. The number of carbonyl (C=O) groups is 1. The van der Waals surface area contributed by atoms with Crippen LogP contribution in [0, 0.1) is 0 Å². The molecule has 0 aromatic heterocycles. The molecule has 1 saturated heterocycles. The minimum Gasteiger partial charge on any atom is -0.353 e. The molecular formula is C14H27N3O. The Morgan fingerprint density at radius 2 is 2.00 bits per heavy atom. The van der Waals surface area contributed by atoms with E-state index < -0.39 is 0 Å². The summed E-state index contributed by atoms with van der Waals surface area (Å²) in [6.07, 6.45) is 8.18. The molecule has 2 aliphatic rings. The summed E-state index contributed by atoms with van der Waals surface area (Å²) in [5.74, 6) is 0.231. The Morgan fingerprint density at radius 1 is 1.28 bits per heavy atom. The first-order chi connectivity index (χ1) is 8.74. The Hall–Kier alpha value is -0.610. The van der Waals surface area contributed by atoms with Crippen LogP contribution in [-0.2, 0) is 4.79 Å². The van der Waals surface area contributed by atoms with Crippen molar-refractivity contribution in [2.45, 2.75) is 57.0 Å². The normalized spacial score (nSPS) is 27.7. The zero-order valence-corrected chi connectivity index (χ0v) is 11.6. The molecule has 4 nitrogen and oxygen atoms in total. The molecule has 1 atom stereocenters. The van der Waals surface area contributed by atoms with Gasteiger partial charge in [-0.1, -0.05) is 25.7 Å². The van der Waals surface area contributed by atoms with Crippen molar-refractivity contribution in [1.82, 2.24) is 15.5 Å². The standard InChI is InChI=1S/C14H27N3O/c1-17-9-8-15-13(11-17)10-14(18)16-12-6-4-2-3-5-7-12/h12-13,15H,2-11H2,1H3,(H,16,18). The van der Waals surface area contributed by atoms with Gasteiger partial charge in [0, 0.05) is 38.1 Å². The topological polar surface area (TPSA) is 44.4 Å². The van der Waals surface area contributed by atoms with Crippen LogP contribution in [0.3, 0.4) is 0 Å². The van der Waals surface area contributed by atoms with Gasteiger partial charge in [0.15, 0.2) is 0 Å². The number of carbonyl (C=O) groups excluding carboxylic acids is 1. The predicted octanol–water partition coefficient (Wildman–Crippen LogP) is 1.12. The van der Waals surface area contributed by atoms with Crippen molar-refractivity contribution >= 4 is 5.91 Å². The molecule has 0 spiro atoms. The van der Waals surface area contributed by atoms with Gasteiger partial charge in [-0.2, -0.15) is 0 Å². The third-order valence-corrected chi connectivity index (χ3v) is 4.11. The van der Waals surface area contributed by atoms with Crippen LogP contribution in [0.15, 0.2) is 0 Å². The zero-order chi connectivity index (χ0) is 12.8. The van der Waals surface area contributed by atoms with Crippen LogP contribution in [0.25, 0.3) is 0 Å². The van der Waals surface area contributed by atoms with Crippen molar-refractivity contribution in [1.29, 1.82) is 0 Å². The van der Waals surface area contributed by atoms with Gasteiger partial charge >= 0.3 is 0 Å². The summed E-state index contributed by atoms with van der Waals surface area (Å²) in [5.41, 5.74) is 0. The second kappa shape index (κ2) is 7.10. The predicted molar refractivity (Wildman–Crippen MR) is 73.5 cm³/mol. The van der Waals surface area contributed by atoms with Crippen LogP contribution in [0.4, 0.5) is 0 Å². The molecule has 1 aliphatic carbocycles. The Morgan fingerprint density at radius 3 is 2.67 bits per heavy atom. The number of amides is 1. The molecule has 18 heavy (non-hydrogen) atoms. The molecular weight excluding hydrogens is 226 g/mol. The van der Waals surface area contributed by atoms with E-state index in [0.717, 1.165) is 19.6 Å². The SMILES string of the molecule is CN1CCNC(CC(=O)NC2CCCCCC2)C1. The van der Waals surface area contributed by atoms with Gasteiger partial charge in [-0.05, 0) is 19.9 Å². The summed E-state index contributed by atoms with van der Waals surface area (Å²) >= 11 is 0. The summed E-state index contributed by atoms with van der Waals surface area (Å²) in [6, 6.07) is 0.760. The maximum absolute atomic E-state index is 12.0. The lowest BCUT2D eigenvalue weighted by Gasteiger charge is -2.30.